The average molecular weight is 310 g/mol. The summed E-state index contributed by atoms with van der Waals surface area (Å²) in [5.74, 6) is 0.888. The summed E-state index contributed by atoms with van der Waals surface area (Å²) in [4.78, 5) is 0. The number of rotatable bonds is 6. The molecule has 2 aromatic rings. The third-order valence-corrected chi connectivity index (χ3v) is 5.33. The maximum absolute atomic E-state index is 3.59. The number of hydrogen-bond acceptors (Lipinski definition) is 1. The average Bonchev–Trinajstić information content (AvgIpc) is 2.85. The van der Waals surface area contributed by atoms with E-state index >= 15 is 0 Å². The predicted molar refractivity (Wildman–Crippen MR) is 97.5 cm³/mol. The Kier molecular flexibility index (Phi) is 5.56. The summed E-state index contributed by atoms with van der Waals surface area (Å²) in [5.41, 5.74) is 5.68. The van der Waals surface area contributed by atoms with Crippen LogP contribution < -0.4 is 5.32 Å². The fraction of sp³-hybridized carbons (Fsp3) is 0.524. The third-order valence-electron chi connectivity index (χ3n) is 5.33. The summed E-state index contributed by atoms with van der Waals surface area (Å²) in [7, 11) is 0. The molecule has 3 rings (SSSR count). The molecule has 1 heterocycles. The second-order valence-corrected chi connectivity index (χ2v) is 7.10. The van der Waals surface area contributed by atoms with Crippen LogP contribution in [0.5, 0.6) is 0 Å². The van der Waals surface area contributed by atoms with Gasteiger partial charge in [-0.2, -0.15) is 0 Å². The number of hydrogen-bond donors (Lipinski definition) is 1. The molecule has 0 aliphatic heterocycles. The van der Waals surface area contributed by atoms with Crippen molar-refractivity contribution in [3.05, 3.63) is 58.9 Å². The molecular weight excluding hydrogens is 280 g/mol. The molecule has 23 heavy (non-hydrogen) atoms. The Balaban J connectivity index is 1.58. The highest BCUT2D eigenvalue weighted by molar-refractivity contribution is 5.27. The van der Waals surface area contributed by atoms with E-state index in [1.165, 1.54) is 61.2 Å². The first kappa shape index (κ1) is 16.3. The lowest BCUT2D eigenvalue weighted by molar-refractivity contribution is 0.316. The molecule has 0 bridgehead atoms. The Morgan fingerprint density at radius 1 is 1.00 bits per heavy atom. The summed E-state index contributed by atoms with van der Waals surface area (Å²) >= 11 is 0. The summed E-state index contributed by atoms with van der Waals surface area (Å²) in [5, 5.41) is 3.59. The zero-order chi connectivity index (χ0) is 16.1. The van der Waals surface area contributed by atoms with Gasteiger partial charge < -0.3 is 9.88 Å². The van der Waals surface area contributed by atoms with Gasteiger partial charge in [0.25, 0.3) is 0 Å². The molecule has 2 heteroatoms. The molecule has 1 aromatic carbocycles. The Morgan fingerprint density at radius 3 is 2.48 bits per heavy atom. The van der Waals surface area contributed by atoms with Gasteiger partial charge in [0.2, 0.25) is 0 Å². The number of benzene rings is 1. The van der Waals surface area contributed by atoms with Gasteiger partial charge in [0, 0.05) is 31.0 Å². The van der Waals surface area contributed by atoms with Crippen molar-refractivity contribution < 1.29 is 0 Å². The first-order chi connectivity index (χ1) is 11.2. The van der Waals surface area contributed by atoms with Crippen LogP contribution in [-0.4, -0.2) is 4.57 Å². The molecule has 0 spiro atoms. The number of nitrogens with zero attached hydrogens (tertiary/aromatic N) is 1. The Morgan fingerprint density at radius 2 is 1.74 bits per heavy atom. The largest absolute Gasteiger partial charge is 0.349 e. The van der Waals surface area contributed by atoms with Gasteiger partial charge in [-0.05, 0) is 49.8 Å². The van der Waals surface area contributed by atoms with Crippen LogP contribution in [0.3, 0.4) is 0 Å². The zero-order valence-corrected chi connectivity index (χ0v) is 14.6. The van der Waals surface area contributed by atoms with Crippen molar-refractivity contribution in [3.63, 3.8) is 0 Å². The molecule has 1 saturated carbocycles. The van der Waals surface area contributed by atoms with E-state index in [4.69, 9.17) is 0 Å². The fourth-order valence-electron chi connectivity index (χ4n) is 3.90. The van der Waals surface area contributed by atoms with E-state index in [0.717, 1.165) is 19.0 Å². The van der Waals surface area contributed by atoms with Crippen LogP contribution in [0.4, 0.5) is 0 Å². The van der Waals surface area contributed by atoms with Gasteiger partial charge in [0.05, 0.1) is 0 Å². The van der Waals surface area contributed by atoms with Crippen molar-refractivity contribution >= 4 is 0 Å². The van der Waals surface area contributed by atoms with Gasteiger partial charge in [-0.1, -0.05) is 49.6 Å². The van der Waals surface area contributed by atoms with Gasteiger partial charge in [0.15, 0.2) is 0 Å². The minimum absolute atomic E-state index is 0.888. The summed E-state index contributed by atoms with van der Waals surface area (Å²) in [6.45, 7) is 7.66. The van der Waals surface area contributed by atoms with Crippen LogP contribution in [-0.2, 0) is 19.6 Å². The van der Waals surface area contributed by atoms with Crippen molar-refractivity contribution in [2.45, 2.75) is 65.6 Å². The summed E-state index contributed by atoms with van der Waals surface area (Å²) < 4.78 is 2.55. The Hall–Kier alpha value is -1.54. The van der Waals surface area contributed by atoms with Crippen LogP contribution in [0.2, 0.25) is 0 Å². The molecule has 124 valence electrons. The molecular formula is C21H30N2. The van der Waals surface area contributed by atoms with Crippen molar-refractivity contribution in [1.29, 1.82) is 0 Å². The van der Waals surface area contributed by atoms with Gasteiger partial charge in [-0.25, -0.2) is 0 Å². The van der Waals surface area contributed by atoms with E-state index in [1.807, 2.05) is 0 Å². The highest BCUT2D eigenvalue weighted by Crippen LogP contribution is 2.27. The van der Waals surface area contributed by atoms with Gasteiger partial charge in [0.1, 0.15) is 0 Å². The zero-order valence-electron chi connectivity index (χ0n) is 14.6. The predicted octanol–water partition coefficient (Wildman–Crippen LogP) is 4.98. The third kappa shape index (κ3) is 4.26. The number of aryl methyl sites for hydroxylation is 1. The lowest BCUT2D eigenvalue weighted by Crippen LogP contribution is -2.17. The highest BCUT2D eigenvalue weighted by atomic mass is 15.0. The first-order valence-corrected chi connectivity index (χ1v) is 9.14. The van der Waals surface area contributed by atoms with Gasteiger partial charge in [-0.3, -0.25) is 0 Å². The molecule has 2 nitrogen and oxygen atoms in total. The second kappa shape index (κ2) is 7.83. The maximum Gasteiger partial charge on any atom is 0.0253 e. The highest BCUT2D eigenvalue weighted by Gasteiger charge is 2.17. The van der Waals surface area contributed by atoms with Crippen molar-refractivity contribution in [3.8, 4) is 0 Å². The van der Waals surface area contributed by atoms with Crippen LogP contribution >= 0.6 is 0 Å². The number of aromatic nitrogens is 1. The second-order valence-electron chi connectivity index (χ2n) is 7.10. The van der Waals surface area contributed by atoms with E-state index in [1.54, 1.807) is 0 Å². The molecule has 0 amide bonds. The fourth-order valence-corrected chi connectivity index (χ4v) is 3.90. The van der Waals surface area contributed by atoms with E-state index in [0.29, 0.717) is 0 Å². The lowest BCUT2D eigenvalue weighted by Gasteiger charge is -2.23. The minimum atomic E-state index is 0.888. The SMILES string of the molecule is Cc1cc(CNCc2ccccc2)c(C)n1CC1CCCCC1. The molecule has 0 atom stereocenters. The molecule has 1 fully saturated rings. The van der Waals surface area contributed by atoms with E-state index in [2.05, 4.69) is 60.1 Å². The summed E-state index contributed by atoms with van der Waals surface area (Å²) in [6, 6.07) is 13.0. The molecule has 0 saturated heterocycles. The van der Waals surface area contributed by atoms with Gasteiger partial charge in [-0.15, -0.1) is 0 Å². The molecule has 1 aliphatic rings. The number of nitrogens with one attached hydrogen (secondary N) is 1. The molecule has 1 N–H and O–H groups in total. The topological polar surface area (TPSA) is 17.0 Å². The lowest BCUT2D eigenvalue weighted by atomic mass is 9.89. The van der Waals surface area contributed by atoms with Crippen LogP contribution in [0.1, 0.15) is 54.6 Å². The Bertz CT molecular complexity index is 606. The van der Waals surface area contributed by atoms with Crippen molar-refractivity contribution in [2.75, 3.05) is 0 Å². The minimum Gasteiger partial charge on any atom is -0.349 e. The van der Waals surface area contributed by atoms with E-state index in [9.17, 15) is 0 Å². The normalized spacial score (nSPS) is 15.9. The monoisotopic (exact) mass is 310 g/mol. The smallest absolute Gasteiger partial charge is 0.0253 e. The van der Waals surface area contributed by atoms with Crippen molar-refractivity contribution in [2.24, 2.45) is 5.92 Å². The quantitative estimate of drug-likeness (QED) is 0.796. The molecule has 0 radical (unpaired) electrons. The van der Waals surface area contributed by atoms with Crippen LogP contribution in [0, 0.1) is 19.8 Å². The van der Waals surface area contributed by atoms with E-state index in [-0.39, 0.29) is 0 Å². The van der Waals surface area contributed by atoms with Crippen LogP contribution in [0.15, 0.2) is 36.4 Å². The van der Waals surface area contributed by atoms with Crippen molar-refractivity contribution in [1.82, 2.24) is 9.88 Å². The van der Waals surface area contributed by atoms with E-state index < -0.39 is 0 Å². The Labute approximate surface area is 140 Å². The molecule has 1 aromatic heterocycles. The standard InChI is InChI=1S/C21H30N2/c1-17-13-21(15-22-14-19-9-5-3-6-10-19)18(2)23(17)16-20-11-7-4-8-12-20/h3,5-6,9-10,13,20,22H,4,7-8,11-12,14-16H2,1-2H3. The summed E-state index contributed by atoms with van der Waals surface area (Å²) in [6.07, 6.45) is 7.12. The van der Waals surface area contributed by atoms with Gasteiger partial charge >= 0.3 is 0 Å². The molecule has 1 aliphatic carbocycles. The maximum atomic E-state index is 3.59. The molecule has 0 unspecified atom stereocenters. The first-order valence-electron chi connectivity index (χ1n) is 9.14. The van der Waals surface area contributed by atoms with Crippen LogP contribution in [0.25, 0.3) is 0 Å².